The molecule has 0 aliphatic heterocycles. The van der Waals surface area contributed by atoms with Gasteiger partial charge in [0.1, 0.15) is 5.82 Å². The highest BCUT2D eigenvalue weighted by atomic mass is 19.4. The van der Waals surface area contributed by atoms with Gasteiger partial charge in [-0.3, -0.25) is 0 Å². The van der Waals surface area contributed by atoms with E-state index in [-0.39, 0.29) is 28.6 Å². The first-order chi connectivity index (χ1) is 13.4. The summed E-state index contributed by atoms with van der Waals surface area (Å²) in [5.74, 6) is -1.84. The first-order valence-electron chi connectivity index (χ1n) is 8.41. The van der Waals surface area contributed by atoms with Crippen molar-refractivity contribution in [1.82, 2.24) is 14.8 Å². The maximum absolute atomic E-state index is 13.9. The van der Waals surface area contributed by atoms with Crippen LogP contribution < -0.4 is 10.5 Å². The molecule has 0 atom stereocenters. The third-order valence-corrected chi connectivity index (χ3v) is 4.26. The third kappa shape index (κ3) is 4.01. The lowest BCUT2D eigenvalue weighted by Crippen LogP contribution is -2.29. The van der Waals surface area contributed by atoms with Gasteiger partial charge in [-0.05, 0) is 44.2 Å². The Hall–Kier alpha value is -3.17. The molecule has 1 aromatic heterocycles. The predicted molar refractivity (Wildman–Crippen MR) is 95.9 cm³/mol. The topological polar surface area (TPSA) is 66.0 Å². The summed E-state index contributed by atoms with van der Waals surface area (Å²) < 4.78 is 74.3. The molecular weight excluding hydrogens is 395 g/mol. The number of rotatable bonds is 4. The Balaban J connectivity index is 2.04. The van der Waals surface area contributed by atoms with Gasteiger partial charge in [0, 0.05) is 24.4 Å². The summed E-state index contributed by atoms with van der Waals surface area (Å²) >= 11 is 0. The fourth-order valence-electron chi connectivity index (χ4n) is 2.96. The molecule has 0 aliphatic rings. The number of nitrogens with two attached hydrogens (primary N) is 1. The first kappa shape index (κ1) is 20.6. The zero-order valence-electron chi connectivity index (χ0n) is 15.7. The average Bonchev–Trinajstić information content (AvgIpc) is 2.99. The van der Waals surface area contributed by atoms with Gasteiger partial charge in [-0.15, -0.1) is 10.2 Å². The van der Waals surface area contributed by atoms with E-state index in [0.717, 1.165) is 18.2 Å². The molecule has 0 spiro atoms. The van der Waals surface area contributed by atoms with Crippen LogP contribution in [-0.2, 0) is 18.8 Å². The smallest absolute Gasteiger partial charge is 0.417 e. The highest BCUT2D eigenvalue weighted by Gasteiger charge is 2.37. The molecule has 0 unspecified atom stereocenters. The van der Waals surface area contributed by atoms with Gasteiger partial charge in [-0.1, -0.05) is 0 Å². The molecule has 2 N–H and O–H groups in total. The second kappa shape index (κ2) is 7.02. The normalized spacial score (nSPS) is 12.3. The lowest BCUT2D eigenvalue weighted by atomic mass is 10.0. The molecule has 29 heavy (non-hydrogen) atoms. The van der Waals surface area contributed by atoms with Crippen molar-refractivity contribution >= 4 is 5.69 Å². The molecule has 3 rings (SSSR count). The summed E-state index contributed by atoms with van der Waals surface area (Å²) in [6, 6.07) is 6.16. The lowest BCUT2D eigenvalue weighted by Gasteiger charge is -2.26. The zero-order chi connectivity index (χ0) is 21.6. The van der Waals surface area contributed by atoms with Gasteiger partial charge >= 0.3 is 6.18 Å². The first-order valence-corrected chi connectivity index (χ1v) is 8.41. The second-order valence-corrected chi connectivity index (χ2v) is 6.90. The number of hydrogen-bond acceptors (Lipinski definition) is 4. The summed E-state index contributed by atoms with van der Waals surface area (Å²) in [4.78, 5) is 0. The number of ether oxygens (including phenoxy) is 1. The second-order valence-electron chi connectivity index (χ2n) is 6.90. The van der Waals surface area contributed by atoms with E-state index >= 15 is 0 Å². The molecule has 1 heterocycles. The van der Waals surface area contributed by atoms with Crippen molar-refractivity contribution in [3.8, 4) is 17.1 Å². The Labute approximate surface area is 162 Å². The molecule has 0 bridgehead atoms. The van der Waals surface area contributed by atoms with Crippen LogP contribution in [0.2, 0.25) is 0 Å². The maximum Gasteiger partial charge on any atom is 0.417 e. The minimum atomic E-state index is -4.65. The van der Waals surface area contributed by atoms with E-state index < -0.39 is 29.0 Å². The largest absolute Gasteiger partial charge is 0.477 e. The number of hydrogen-bond donors (Lipinski definition) is 1. The van der Waals surface area contributed by atoms with Crippen molar-refractivity contribution in [2.45, 2.75) is 25.6 Å². The van der Waals surface area contributed by atoms with Gasteiger partial charge in [0.15, 0.2) is 28.8 Å². The van der Waals surface area contributed by atoms with E-state index in [1.807, 2.05) is 0 Å². The van der Waals surface area contributed by atoms with E-state index in [1.54, 1.807) is 0 Å². The number of aromatic nitrogens is 3. The summed E-state index contributed by atoms with van der Waals surface area (Å²) in [6.45, 7) is 3.08. The molecule has 0 amide bonds. The predicted octanol–water partition coefficient (Wildman–Crippen LogP) is 4.68. The van der Waals surface area contributed by atoms with Crippen LogP contribution in [0.15, 0.2) is 36.4 Å². The minimum absolute atomic E-state index is 0.0427. The molecule has 2 aromatic carbocycles. The Kier molecular flexibility index (Phi) is 4.97. The number of benzene rings is 2. The van der Waals surface area contributed by atoms with Crippen LogP contribution >= 0.6 is 0 Å². The molecule has 0 saturated carbocycles. The van der Waals surface area contributed by atoms with Crippen LogP contribution in [0.25, 0.3) is 11.4 Å². The van der Waals surface area contributed by atoms with Gasteiger partial charge in [-0.2, -0.15) is 13.2 Å². The van der Waals surface area contributed by atoms with Gasteiger partial charge < -0.3 is 15.0 Å². The Bertz CT molecular complexity index is 1060. The Morgan fingerprint density at radius 3 is 2.31 bits per heavy atom. The van der Waals surface area contributed by atoms with Crippen LogP contribution in [0.4, 0.5) is 27.6 Å². The monoisotopic (exact) mass is 412 g/mol. The lowest BCUT2D eigenvalue weighted by molar-refractivity contribution is -0.137. The van der Waals surface area contributed by atoms with E-state index in [9.17, 15) is 22.0 Å². The fraction of sp³-hybridized carbons (Fsp3) is 0.263. The molecule has 5 nitrogen and oxygen atoms in total. The maximum atomic E-state index is 13.9. The summed E-state index contributed by atoms with van der Waals surface area (Å²) in [6.07, 6.45) is -4.65. The van der Waals surface area contributed by atoms with E-state index in [2.05, 4.69) is 10.2 Å². The highest BCUT2D eigenvalue weighted by Crippen LogP contribution is 2.38. The summed E-state index contributed by atoms with van der Waals surface area (Å²) in [5, 5.41) is 7.82. The molecule has 10 heteroatoms. The van der Waals surface area contributed by atoms with E-state index in [0.29, 0.717) is 6.07 Å². The van der Waals surface area contributed by atoms with Crippen molar-refractivity contribution in [3.05, 3.63) is 59.4 Å². The Morgan fingerprint density at radius 2 is 1.69 bits per heavy atom. The number of halogens is 5. The number of anilines is 1. The quantitative estimate of drug-likeness (QED) is 0.499. The number of alkyl halides is 3. The standard InChI is InChI=1S/C19H17F5N4O/c1-18(2,29-15-7-4-10(20)8-14(15)21)17-27-26-16(28(17)3)12-6-5-11(25)9-13(12)19(22,23)24/h4-9H,25H2,1-3H3. The summed E-state index contributed by atoms with van der Waals surface area (Å²) in [5.41, 5.74) is 3.00. The molecule has 0 saturated heterocycles. The van der Waals surface area contributed by atoms with Gasteiger partial charge in [0.2, 0.25) is 0 Å². The van der Waals surface area contributed by atoms with Crippen LogP contribution in [0.3, 0.4) is 0 Å². The van der Waals surface area contributed by atoms with E-state index in [4.69, 9.17) is 10.5 Å². The fourth-order valence-corrected chi connectivity index (χ4v) is 2.96. The molecule has 0 aliphatic carbocycles. The van der Waals surface area contributed by atoms with Gasteiger partial charge in [0.05, 0.1) is 5.56 Å². The van der Waals surface area contributed by atoms with Crippen molar-refractivity contribution in [2.75, 3.05) is 5.73 Å². The molecular formula is C19H17F5N4O. The van der Waals surface area contributed by atoms with Crippen molar-refractivity contribution < 1.29 is 26.7 Å². The molecule has 3 aromatic rings. The summed E-state index contributed by atoms with van der Waals surface area (Å²) in [7, 11) is 1.47. The van der Waals surface area contributed by atoms with E-state index in [1.165, 1.54) is 37.6 Å². The number of nitrogens with zero attached hydrogens (tertiary/aromatic N) is 3. The van der Waals surface area contributed by atoms with Crippen LogP contribution in [-0.4, -0.2) is 14.8 Å². The van der Waals surface area contributed by atoms with Gasteiger partial charge in [-0.25, -0.2) is 8.78 Å². The van der Waals surface area contributed by atoms with Crippen LogP contribution in [0, 0.1) is 11.6 Å². The SMILES string of the molecule is Cn1c(-c2ccc(N)cc2C(F)(F)F)nnc1C(C)(C)Oc1ccc(F)cc1F. The highest BCUT2D eigenvalue weighted by molar-refractivity contribution is 5.65. The molecule has 0 fully saturated rings. The van der Waals surface area contributed by atoms with Crippen molar-refractivity contribution in [3.63, 3.8) is 0 Å². The molecule has 0 radical (unpaired) electrons. The van der Waals surface area contributed by atoms with Crippen LogP contribution in [0.5, 0.6) is 5.75 Å². The molecule has 154 valence electrons. The van der Waals surface area contributed by atoms with Crippen LogP contribution in [0.1, 0.15) is 25.2 Å². The zero-order valence-corrected chi connectivity index (χ0v) is 15.7. The van der Waals surface area contributed by atoms with Crippen molar-refractivity contribution in [1.29, 1.82) is 0 Å². The van der Waals surface area contributed by atoms with Gasteiger partial charge in [0.25, 0.3) is 0 Å². The number of nitrogen functional groups attached to an aromatic ring is 1. The van der Waals surface area contributed by atoms with Crippen molar-refractivity contribution in [2.24, 2.45) is 7.05 Å². The average molecular weight is 412 g/mol. The Morgan fingerprint density at radius 1 is 1.00 bits per heavy atom. The third-order valence-electron chi connectivity index (χ3n) is 4.26. The minimum Gasteiger partial charge on any atom is -0.477 e.